The first-order valence-corrected chi connectivity index (χ1v) is 8.92. The monoisotopic (exact) mass is 340 g/mol. The highest BCUT2D eigenvalue weighted by atomic mass is 32.2. The smallest absolute Gasteiger partial charge is 0.247 e. The minimum Gasteiger partial charge on any atom is -0.361 e. The fraction of sp³-hybridized carbons (Fsp3) is 0.0667. The fourth-order valence-corrected chi connectivity index (χ4v) is 2.88. The third-order valence-corrected chi connectivity index (χ3v) is 4.36. The van der Waals surface area contributed by atoms with Gasteiger partial charge in [-0.05, 0) is 24.3 Å². The second-order valence-corrected chi connectivity index (χ2v) is 7.20. The van der Waals surface area contributed by atoms with Crippen molar-refractivity contribution in [1.82, 2.24) is 24.9 Å². The van der Waals surface area contributed by atoms with Crippen molar-refractivity contribution in [2.45, 2.75) is 5.16 Å². The second-order valence-electron chi connectivity index (χ2n) is 5.29. The predicted molar refractivity (Wildman–Crippen MR) is 89.8 cm³/mol. The van der Waals surface area contributed by atoms with Crippen LogP contribution in [0.3, 0.4) is 0 Å². The van der Waals surface area contributed by atoms with E-state index in [0.717, 1.165) is 22.8 Å². The third-order valence-electron chi connectivity index (χ3n) is 3.50. The van der Waals surface area contributed by atoms with Crippen LogP contribution in [0.15, 0.2) is 48.1 Å². The fourth-order valence-electron chi connectivity index (χ4n) is 2.38. The summed E-state index contributed by atoms with van der Waals surface area (Å²) in [4.78, 5) is 19.3. The number of aromatic nitrogens is 5. The van der Waals surface area contributed by atoms with Gasteiger partial charge in [-0.3, -0.25) is 0 Å². The maximum atomic E-state index is 11.7. The molecule has 24 heavy (non-hydrogen) atoms. The Bertz CT molecular complexity index is 1170. The van der Waals surface area contributed by atoms with E-state index in [1.807, 2.05) is 30.5 Å². The minimum atomic E-state index is -3.51. The number of nitrogens with zero attached hydrogens (tertiary/aromatic N) is 4. The van der Waals surface area contributed by atoms with Gasteiger partial charge in [0, 0.05) is 29.0 Å². The van der Waals surface area contributed by atoms with E-state index in [2.05, 4.69) is 30.2 Å². The van der Waals surface area contributed by atoms with Crippen molar-refractivity contribution in [3.8, 4) is 0 Å². The largest absolute Gasteiger partial charge is 0.361 e. The van der Waals surface area contributed by atoms with E-state index in [1.165, 1.54) is 12.5 Å². The van der Waals surface area contributed by atoms with E-state index in [0.29, 0.717) is 16.9 Å². The lowest BCUT2D eigenvalue weighted by molar-refractivity contribution is 0.593. The Morgan fingerprint density at radius 2 is 2.00 bits per heavy atom. The first kappa shape index (κ1) is 14.5. The van der Waals surface area contributed by atoms with Crippen LogP contribution in [0.1, 0.15) is 0 Å². The van der Waals surface area contributed by atoms with Crippen LogP contribution in [-0.2, 0) is 9.84 Å². The molecule has 0 aliphatic carbocycles. The molecule has 0 bridgehead atoms. The van der Waals surface area contributed by atoms with E-state index >= 15 is 0 Å². The van der Waals surface area contributed by atoms with Crippen molar-refractivity contribution in [3.63, 3.8) is 0 Å². The number of hydrogen-bond acceptors (Lipinski definition) is 7. The number of benzene rings is 1. The standard InChI is InChI=1S/C15H12N6O2S/c1-24(22,23)15-17-7-12-13(21-15)14(19-8-18-12)20-10-2-3-11-9(6-10)4-5-16-11/h2-8,16H,1H3,(H,18,19,20). The number of sulfone groups is 1. The molecule has 4 rings (SSSR count). The molecule has 3 heterocycles. The quantitative estimate of drug-likeness (QED) is 0.549. The average Bonchev–Trinajstić information content (AvgIpc) is 3.01. The summed E-state index contributed by atoms with van der Waals surface area (Å²) in [6, 6.07) is 7.75. The normalized spacial score (nSPS) is 11.9. The molecule has 0 saturated heterocycles. The molecule has 0 saturated carbocycles. The summed E-state index contributed by atoms with van der Waals surface area (Å²) in [7, 11) is -3.51. The van der Waals surface area contributed by atoms with Crippen molar-refractivity contribution in [1.29, 1.82) is 0 Å². The molecule has 120 valence electrons. The Morgan fingerprint density at radius 3 is 2.83 bits per heavy atom. The number of rotatable bonds is 3. The van der Waals surface area contributed by atoms with Crippen molar-refractivity contribution in [2.24, 2.45) is 0 Å². The number of H-pyrrole nitrogens is 1. The third kappa shape index (κ3) is 2.54. The molecule has 0 fully saturated rings. The van der Waals surface area contributed by atoms with Gasteiger partial charge in [-0.1, -0.05) is 0 Å². The number of nitrogens with one attached hydrogen (secondary N) is 2. The summed E-state index contributed by atoms with van der Waals surface area (Å²) in [5.74, 6) is 0.419. The van der Waals surface area contributed by atoms with Gasteiger partial charge < -0.3 is 10.3 Å². The van der Waals surface area contributed by atoms with Gasteiger partial charge in [0.2, 0.25) is 15.0 Å². The molecule has 0 amide bonds. The summed E-state index contributed by atoms with van der Waals surface area (Å²) in [5.41, 5.74) is 2.64. The summed E-state index contributed by atoms with van der Waals surface area (Å²) in [5, 5.41) is 3.95. The molecule has 2 N–H and O–H groups in total. The molecule has 0 atom stereocenters. The van der Waals surface area contributed by atoms with Crippen LogP contribution < -0.4 is 5.32 Å². The van der Waals surface area contributed by atoms with Crippen LogP contribution in [-0.4, -0.2) is 39.6 Å². The van der Waals surface area contributed by atoms with Crippen molar-refractivity contribution in [3.05, 3.63) is 43.0 Å². The molecule has 0 spiro atoms. The Hall–Kier alpha value is -3.07. The summed E-state index contributed by atoms with van der Waals surface area (Å²) < 4.78 is 23.3. The number of anilines is 2. The van der Waals surface area contributed by atoms with Crippen LogP contribution in [0.5, 0.6) is 0 Å². The number of aromatic amines is 1. The summed E-state index contributed by atoms with van der Waals surface area (Å²) in [6.07, 6.45) is 5.68. The van der Waals surface area contributed by atoms with Gasteiger partial charge in [0.25, 0.3) is 0 Å². The topological polar surface area (TPSA) is 114 Å². The molecule has 8 nitrogen and oxygen atoms in total. The molecule has 0 aliphatic rings. The van der Waals surface area contributed by atoms with Crippen LogP contribution in [0.2, 0.25) is 0 Å². The van der Waals surface area contributed by atoms with Gasteiger partial charge >= 0.3 is 0 Å². The van der Waals surface area contributed by atoms with Crippen LogP contribution >= 0.6 is 0 Å². The van der Waals surface area contributed by atoms with Crippen LogP contribution in [0.4, 0.5) is 11.5 Å². The molecule has 4 aromatic rings. The zero-order valence-electron chi connectivity index (χ0n) is 12.6. The SMILES string of the molecule is CS(=O)(=O)c1ncc2ncnc(Nc3ccc4[nH]ccc4c3)c2n1. The Kier molecular flexibility index (Phi) is 3.17. The Morgan fingerprint density at radius 1 is 1.12 bits per heavy atom. The van der Waals surface area contributed by atoms with Gasteiger partial charge in [-0.25, -0.2) is 28.4 Å². The van der Waals surface area contributed by atoms with E-state index in [-0.39, 0.29) is 5.16 Å². The summed E-state index contributed by atoms with van der Waals surface area (Å²) in [6.45, 7) is 0. The molecular weight excluding hydrogens is 328 g/mol. The van der Waals surface area contributed by atoms with Gasteiger partial charge in [0.05, 0.1) is 6.20 Å². The first-order chi connectivity index (χ1) is 11.5. The first-order valence-electron chi connectivity index (χ1n) is 7.03. The van der Waals surface area contributed by atoms with Gasteiger partial charge in [0.1, 0.15) is 17.4 Å². The summed E-state index contributed by atoms with van der Waals surface area (Å²) >= 11 is 0. The van der Waals surface area contributed by atoms with E-state index < -0.39 is 9.84 Å². The lowest BCUT2D eigenvalue weighted by Crippen LogP contribution is -2.06. The Labute approximate surface area is 136 Å². The zero-order valence-corrected chi connectivity index (χ0v) is 13.4. The average molecular weight is 340 g/mol. The highest BCUT2D eigenvalue weighted by Crippen LogP contribution is 2.24. The maximum Gasteiger partial charge on any atom is 0.247 e. The lowest BCUT2D eigenvalue weighted by atomic mass is 10.2. The number of fused-ring (bicyclic) bond motifs is 2. The molecule has 0 unspecified atom stereocenters. The molecule has 1 aromatic carbocycles. The highest BCUT2D eigenvalue weighted by molar-refractivity contribution is 7.90. The van der Waals surface area contributed by atoms with E-state index in [4.69, 9.17) is 0 Å². The highest BCUT2D eigenvalue weighted by Gasteiger charge is 2.14. The van der Waals surface area contributed by atoms with E-state index in [9.17, 15) is 8.42 Å². The van der Waals surface area contributed by atoms with Crippen molar-refractivity contribution >= 4 is 43.3 Å². The van der Waals surface area contributed by atoms with Crippen molar-refractivity contribution in [2.75, 3.05) is 11.6 Å². The molecule has 0 radical (unpaired) electrons. The van der Waals surface area contributed by atoms with E-state index in [1.54, 1.807) is 0 Å². The predicted octanol–water partition coefficient (Wildman–Crippen LogP) is 2.05. The van der Waals surface area contributed by atoms with Gasteiger partial charge in [-0.15, -0.1) is 0 Å². The minimum absolute atomic E-state index is 0.256. The molecule has 3 aromatic heterocycles. The molecule has 9 heteroatoms. The van der Waals surface area contributed by atoms with Gasteiger partial charge in [-0.2, -0.15) is 0 Å². The molecule has 0 aliphatic heterocycles. The maximum absolute atomic E-state index is 11.7. The number of hydrogen-bond donors (Lipinski definition) is 2. The second kappa shape index (κ2) is 5.24. The van der Waals surface area contributed by atoms with Gasteiger partial charge in [0.15, 0.2) is 5.82 Å². The lowest BCUT2D eigenvalue weighted by Gasteiger charge is -2.08. The van der Waals surface area contributed by atoms with Crippen LogP contribution in [0, 0.1) is 0 Å². The zero-order chi connectivity index (χ0) is 16.7. The van der Waals surface area contributed by atoms with Crippen molar-refractivity contribution < 1.29 is 8.42 Å². The van der Waals surface area contributed by atoms with Crippen LogP contribution in [0.25, 0.3) is 21.9 Å². The Balaban J connectivity index is 1.83. The molecular formula is C15H12N6O2S.